The Bertz CT molecular complexity index is 324. The SMILES string of the molecule is CCCC(Br)CCc1cnc(C(F)(F)F)s1. The summed E-state index contributed by atoms with van der Waals surface area (Å²) in [7, 11) is 0. The Kier molecular flexibility index (Phi) is 5.24. The van der Waals surface area contributed by atoms with Gasteiger partial charge in [-0.2, -0.15) is 13.2 Å². The second kappa shape index (κ2) is 6.00. The van der Waals surface area contributed by atoms with Crippen LogP contribution in [0.25, 0.3) is 0 Å². The lowest BCUT2D eigenvalue weighted by atomic mass is 10.1. The Morgan fingerprint density at radius 3 is 2.62 bits per heavy atom. The van der Waals surface area contributed by atoms with Gasteiger partial charge in [-0.3, -0.25) is 0 Å². The molecule has 0 aliphatic rings. The van der Waals surface area contributed by atoms with Crippen LogP contribution in [0.15, 0.2) is 6.20 Å². The summed E-state index contributed by atoms with van der Waals surface area (Å²) in [6, 6.07) is 0. The van der Waals surface area contributed by atoms with Crippen LogP contribution >= 0.6 is 27.3 Å². The van der Waals surface area contributed by atoms with Crippen LogP contribution in [0.3, 0.4) is 0 Å². The van der Waals surface area contributed by atoms with Crippen molar-refractivity contribution >= 4 is 27.3 Å². The molecule has 0 bridgehead atoms. The Labute approximate surface area is 105 Å². The van der Waals surface area contributed by atoms with Crippen molar-refractivity contribution in [2.24, 2.45) is 0 Å². The summed E-state index contributed by atoms with van der Waals surface area (Å²) < 4.78 is 36.8. The fraction of sp³-hybridized carbons (Fsp3) is 0.700. The molecule has 0 radical (unpaired) electrons. The molecule has 1 aromatic rings. The molecule has 1 rings (SSSR count). The minimum atomic E-state index is -4.31. The van der Waals surface area contributed by atoms with E-state index in [4.69, 9.17) is 0 Å². The molecule has 0 fully saturated rings. The van der Waals surface area contributed by atoms with E-state index in [0.717, 1.165) is 30.6 Å². The lowest BCUT2D eigenvalue weighted by Gasteiger charge is -2.05. The first-order chi connectivity index (χ1) is 7.43. The molecule has 0 aliphatic carbocycles. The van der Waals surface area contributed by atoms with Crippen molar-refractivity contribution in [3.63, 3.8) is 0 Å². The van der Waals surface area contributed by atoms with Crippen LogP contribution in [-0.2, 0) is 12.6 Å². The van der Waals surface area contributed by atoms with Gasteiger partial charge in [0.15, 0.2) is 5.01 Å². The molecule has 1 atom stereocenters. The Morgan fingerprint density at radius 2 is 2.12 bits per heavy atom. The van der Waals surface area contributed by atoms with E-state index in [-0.39, 0.29) is 0 Å². The third-order valence-corrected chi connectivity index (χ3v) is 4.12. The predicted octanol–water partition coefficient (Wildman–Crippen LogP) is 4.66. The molecular weight excluding hydrogens is 303 g/mol. The van der Waals surface area contributed by atoms with Crippen LogP contribution in [0.4, 0.5) is 13.2 Å². The van der Waals surface area contributed by atoms with Crippen molar-refractivity contribution in [1.29, 1.82) is 0 Å². The minimum Gasteiger partial charge on any atom is -0.240 e. The first-order valence-electron chi connectivity index (χ1n) is 5.09. The molecule has 0 spiro atoms. The molecule has 1 nitrogen and oxygen atoms in total. The monoisotopic (exact) mass is 315 g/mol. The number of alkyl halides is 4. The maximum Gasteiger partial charge on any atom is 0.443 e. The number of nitrogens with zero attached hydrogens (tertiary/aromatic N) is 1. The van der Waals surface area contributed by atoms with E-state index in [1.165, 1.54) is 6.20 Å². The Morgan fingerprint density at radius 1 is 1.44 bits per heavy atom. The zero-order valence-electron chi connectivity index (χ0n) is 8.85. The highest BCUT2D eigenvalue weighted by Gasteiger charge is 2.34. The van der Waals surface area contributed by atoms with Crippen molar-refractivity contribution in [3.8, 4) is 0 Å². The summed E-state index contributed by atoms with van der Waals surface area (Å²) in [5.41, 5.74) is 0. The summed E-state index contributed by atoms with van der Waals surface area (Å²) in [5.74, 6) is 0. The summed E-state index contributed by atoms with van der Waals surface area (Å²) in [6.07, 6.45) is 0.660. The van der Waals surface area contributed by atoms with Gasteiger partial charge in [0.25, 0.3) is 0 Å². The maximum absolute atomic E-state index is 12.3. The van der Waals surface area contributed by atoms with Gasteiger partial charge < -0.3 is 0 Å². The second-order valence-electron chi connectivity index (χ2n) is 3.55. The molecule has 0 amide bonds. The Balaban J connectivity index is 2.47. The fourth-order valence-corrected chi connectivity index (χ4v) is 2.79. The van der Waals surface area contributed by atoms with Crippen LogP contribution in [0, 0.1) is 0 Å². The molecule has 1 heterocycles. The van der Waals surface area contributed by atoms with E-state index in [2.05, 4.69) is 27.8 Å². The van der Waals surface area contributed by atoms with Gasteiger partial charge in [-0.1, -0.05) is 29.3 Å². The van der Waals surface area contributed by atoms with Crippen LogP contribution in [0.5, 0.6) is 0 Å². The number of aromatic nitrogens is 1. The molecule has 0 saturated heterocycles. The molecular formula is C10H13BrF3NS. The van der Waals surface area contributed by atoms with Crippen molar-refractivity contribution in [1.82, 2.24) is 4.98 Å². The number of thiazole rings is 1. The van der Waals surface area contributed by atoms with Gasteiger partial charge in [-0.05, 0) is 19.3 Å². The van der Waals surface area contributed by atoms with Crippen LogP contribution in [0.2, 0.25) is 0 Å². The molecule has 0 aromatic carbocycles. The van der Waals surface area contributed by atoms with Gasteiger partial charge >= 0.3 is 6.18 Å². The third kappa shape index (κ3) is 4.41. The van der Waals surface area contributed by atoms with Crippen molar-refractivity contribution in [3.05, 3.63) is 16.1 Å². The standard InChI is InChI=1S/C10H13BrF3NS/c1-2-3-7(11)4-5-8-6-15-9(16-8)10(12,13)14/h6-7H,2-5H2,1H3. The highest BCUT2D eigenvalue weighted by Crippen LogP contribution is 2.33. The molecule has 92 valence electrons. The molecule has 6 heteroatoms. The van der Waals surface area contributed by atoms with E-state index >= 15 is 0 Å². The van der Waals surface area contributed by atoms with Crippen LogP contribution in [0.1, 0.15) is 36.1 Å². The normalized spacial score (nSPS) is 14.1. The summed E-state index contributed by atoms with van der Waals surface area (Å²) in [5, 5.41) is -0.746. The summed E-state index contributed by atoms with van der Waals surface area (Å²) in [6.45, 7) is 2.09. The summed E-state index contributed by atoms with van der Waals surface area (Å²) >= 11 is 4.25. The fourth-order valence-electron chi connectivity index (χ4n) is 1.31. The van der Waals surface area contributed by atoms with E-state index in [9.17, 15) is 13.2 Å². The first-order valence-corrected chi connectivity index (χ1v) is 6.82. The third-order valence-electron chi connectivity index (χ3n) is 2.10. The zero-order valence-corrected chi connectivity index (χ0v) is 11.3. The van der Waals surface area contributed by atoms with Gasteiger partial charge in [0.1, 0.15) is 0 Å². The predicted molar refractivity (Wildman–Crippen MR) is 63.1 cm³/mol. The zero-order chi connectivity index (χ0) is 12.2. The molecule has 0 aliphatic heterocycles. The highest BCUT2D eigenvalue weighted by atomic mass is 79.9. The smallest absolute Gasteiger partial charge is 0.240 e. The number of rotatable bonds is 5. The number of halogens is 4. The van der Waals surface area contributed by atoms with Crippen molar-refractivity contribution < 1.29 is 13.2 Å². The Hall–Kier alpha value is -0.100. The molecule has 16 heavy (non-hydrogen) atoms. The van der Waals surface area contributed by atoms with Crippen molar-refractivity contribution in [2.45, 2.75) is 43.6 Å². The van der Waals surface area contributed by atoms with Gasteiger partial charge in [0, 0.05) is 15.9 Å². The van der Waals surface area contributed by atoms with Gasteiger partial charge in [0.2, 0.25) is 0 Å². The molecule has 1 aromatic heterocycles. The average molecular weight is 316 g/mol. The topological polar surface area (TPSA) is 12.9 Å². The average Bonchev–Trinajstić information content (AvgIpc) is 2.63. The summed E-state index contributed by atoms with van der Waals surface area (Å²) in [4.78, 5) is 4.47. The minimum absolute atomic E-state index is 0.383. The quantitative estimate of drug-likeness (QED) is 0.720. The van der Waals surface area contributed by atoms with Gasteiger partial charge in [-0.15, -0.1) is 11.3 Å². The largest absolute Gasteiger partial charge is 0.443 e. The van der Waals surface area contributed by atoms with Crippen molar-refractivity contribution in [2.75, 3.05) is 0 Å². The van der Waals surface area contributed by atoms with Crippen LogP contribution < -0.4 is 0 Å². The maximum atomic E-state index is 12.3. The molecule has 0 N–H and O–H groups in total. The molecule has 0 saturated carbocycles. The molecule has 1 unspecified atom stereocenters. The van der Waals surface area contributed by atoms with Gasteiger partial charge in [0.05, 0.1) is 0 Å². The van der Waals surface area contributed by atoms with Gasteiger partial charge in [-0.25, -0.2) is 4.98 Å². The first kappa shape index (κ1) is 14.0. The van der Waals surface area contributed by atoms with Crippen LogP contribution in [-0.4, -0.2) is 9.81 Å². The highest BCUT2D eigenvalue weighted by molar-refractivity contribution is 9.09. The lowest BCUT2D eigenvalue weighted by molar-refractivity contribution is -0.137. The van der Waals surface area contributed by atoms with E-state index < -0.39 is 11.2 Å². The van der Waals surface area contributed by atoms with E-state index in [1.807, 2.05) is 0 Å². The van der Waals surface area contributed by atoms with E-state index in [0.29, 0.717) is 16.1 Å². The number of hydrogen-bond donors (Lipinski definition) is 0. The lowest BCUT2D eigenvalue weighted by Crippen LogP contribution is -2.02. The number of aryl methyl sites for hydroxylation is 1. The van der Waals surface area contributed by atoms with E-state index in [1.54, 1.807) is 0 Å². The number of hydrogen-bond acceptors (Lipinski definition) is 2. The second-order valence-corrected chi connectivity index (χ2v) is 5.96.